The van der Waals surface area contributed by atoms with Crippen molar-refractivity contribution in [1.29, 1.82) is 0 Å². The van der Waals surface area contributed by atoms with Crippen LogP contribution in [0.2, 0.25) is 0 Å². The van der Waals surface area contributed by atoms with Crippen molar-refractivity contribution in [3.05, 3.63) is 11.6 Å². The summed E-state index contributed by atoms with van der Waals surface area (Å²) in [5.74, 6) is 0. The highest BCUT2D eigenvalue weighted by molar-refractivity contribution is 9.09. The van der Waals surface area contributed by atoms with Crippen LogP contribution in [-0.2, 0) is 0 Å². The number of nitrogens with one attached hydrogen (secondary N) is 1. The highest BCUT2D eigenvalue weighted by atomic mass is 79.9. The number of alkyl halides is 1. The summed E-state index contributed by atoms with van der Waals surface area (Å²) in [7, 11) is 0. The third-order valence-corrected chi connectivity index (χ3v) is 1.90. The molecule has 0 bridgehead atoms. The molecule has 3 heteroatoms. The third kappa shape index (κ3) is 8.38. The number of hydrogen-bond donors (Lipinski definition) is 1. The van der Waals surface area contributed by atoms with E-state index in [1.165, 1.54) is 5.54 Å². The van der Waals surface area contributed by atoms with Crippen LogP contribution in [-0.4, -0.2) is 17.4 Å². The molecule has 0 aliphatic heterocycles. The Morgan fingerprint density at radius 2 is 2.18 bits per heavy atom. The Morgan fingerprint density at radius 3 is 2.64 bits per heavy atom. The summed E-state index contributed by atoms with van der Waals surface area (Å²) < 4.78 is 0. The van der Waals surface area contributed by atoms with Gasteiger partial charge in [-0.3, -0.25) is 0 Å². The van der Waals surface area contributed by atoms with Crippen LogP contribution in [0.4, 0.5) is 0 Å². The average Bonchev–Trinajstić information content (AvgIpc) is 1.86. The van der Waals surface area contributed by atoms with E-state index in [9.17, 15) is 0 Å². The van der Waals surface area contributed by atoms with Crippen LogP contribution >= 0.6 is 27.5 Å². The normalized spacial score (nSPS) is 17.1. The molecule has 0 radical (unpaired) electrons. The van der Waals surface area contributed by atoms with Gasteiger partial charge in [-0.05, 0) is 13.3 Å². The minimum atomic E-state index is 0.539. The first-order valence-electron chi connectivity index (χ1n) is 3.79. The molecule has 0 amide bonds. The fourth-order valence-electron chi connectivity index (χ4n) is 0.884. The molecule has 2 atom stereocenters. The molecule has 0 saturated heterocycles. The lowest BCUT2D eigenvalue weighted by atomic mass is 10.2. The summed E-state index contributed by atoms with van der Waals surface area (Å²) >= 11 is 8.86. The van der Waals surface area contributed by atoms with E-state index in [2.05, 4.69) is 35.1 Å². The van der Waals surface area contributed by atoms with Crippen molar-refractivity contribution in [3.63, 3.8) is 0 Å². The molecule has 0 spiro atoms. The standard InChI is InChI=1S/C8H15BrClN/c1-7(9)6-8(2)11-5-3-4-10/h3-4,7-8,11H,5-6H2,1-2H3/b4-3+. The molecule has 0 aliphatic carbocycles. The van der Waals surface area contributed by atoms with Gasteiger partial charge in [-0.15, -0.1) is 0 Å². The van der Waals surface area contributed by atoms with Gasteiger partial charge in [0.15, 0.2) is 0 Å². The Morgan fingerprint density at radius 1 is 1.55 bits per heavy atom. The van der Waals surface area contributed by atoms with Crippen molar-refractivity contribution >= 4 is 27.5 Å². The molecule has 0 aliphatic rings. The highest BCUT2D eigenvalue weighted by Crippen LogP contribution is 2.05. The predicted octanol–water partition coefficient (Wildman–Crippen LogP) is 2.89. The van der Waals surface area contributed by atoms with Crippen LogP contribution in [0.25, 0.3) is 0 Å². The summed E-state index contributed by atoms with van der Waals surface area (Å²) in [6, 6.07) is 0.539. The molecule has 0 saturated carbocycles. The second-order valence-electron chi connectivity index (χ2n) is 2.69. The van der Waals surface area contributed by atoms with Crippen LogP contribution in [0.1, 0.15) is 20.3 Å². The molecule has 0 aromatic carbocycles. The molecule has 11 heavy (non-hydrogen) atoms. The Bertz CT molecular complexity index is 115. The molecule has 0 aromatic heterocycles. The minimum Gasteiger partial charge on any atom is -0.311 e. The molecular formula is C8H15BrClN. The maximum atomic E-state index is 5.36. The summed E-state index contributed by atoms with van der Waals surface area (Å²) in [6.07, 6.45) is 3.03. The smallest absolute Gasteiger partial charge is 0.0148 e. The monoisotopic (exact) mass is 239 g/mol. The maximum Gasteiger partial charge on any atom is 0.0148 e. The SMILES string of the molecule is CC(Br)CC(C)NC/C=C/Cl. The number of halogens is 2. The van der Waals surface area contributed by atoms with Gasteiger partial charge in [0, 0.05) is 22.9 Å². The molecule has 1 N–H and O–H groups in total. The zero-order valence-corrected chi connectivity index (χ0v) is 9.32. The molecular weight excluding hydrogens is 225 g/mol. The van der Waals surface area contributed by atoms with Crippen molar-refractivity contribution < 1.29 is 0 Å². The van der Waals surface area contributed by atoms with Crippen LogP contribution in [0.5, 0.6) is 0 Å². The van der Waals surface area contributed by atoms with E-state index < -0.39 is 0 Å². The molecule has 2 unspecified atom stereocenters. The summed E-state index contributed by atoms with van der Waals surface area (Å²) in [4.78, 5) is 0.574. The third-order valence-electron chi connectivity index (χ3n) is 1.35. The van der Waals surface area contributed by atoms with Gasteiger partial charge in [-0.1, -0.05) is 40.5 Å². The Kier molecular flexibility index (Phi) is 7.44. The van der Waals surface area contributed by atoms with E-state index in [-0.39, 0.29) is 0 Å². The molecule has 0 aromatic rings. The maximum absolute atomic E-state index is 5.36. The van der Waals surface area contributed by atoms with Gasteiger partial charge < -0.3 is 5.32 Å². The van der Waals surface area contributed by atoms with E-state index in [1.807, 2.05) is 6.08 Å². The average molecular weight is 241 g/mol. The second kappa shape index (κ2) is 7.14. The number of rotatable bonds is 5. The topological polar surface area (TPSA) is 12.0 Å². The quantitative estimate of drug-likeness (QED) is 0.729. The van der Waals surface area contributed by atoms with Crippen molar-refractivity contribution in [2.75, 3.05) is 6.54 Å². The van der Waals surface area contributed by atoms with Gasteiger partial charge in [0.1, 0.15) is 0 Å². The minimum absolute atomic E-state index is 0.539. The van der Waals surface area contributed by atoms with Crippen molar-refractivity contribution in [3.8, 4) is 0 Å². The molecule has 0 heterocycles. The van der Waals surface area contributed by atoms with Crippen molar-refractivity contribution in [1.82, 2.24) is 5.32 Å². The summed E-state index contributed by atoms with van der Waals surface area (Å²) in [6.45, 7) is 5.17. The first-order chi connectivity index (χ1) is 5.16. The molecule has 0 rings (SSSR count). The van der Waals surface area contributed by atoms with Gasteiger partial charge in [-0.25, -0.2) is 0 Å². The van der Waals surface area contributed by atoms with Gasteiger partial charge in [-0.2, -0.15) is 0 Å². The van der Waals surface area contributed by atoms with Crippen LogP contribution in [0.3, 0.4) is 0 Å². The largest absolute Gasteiger partial charge is 0.311 e. The van der Waals surface area contributed by atoms with Gasteiger partial charge in [0.05, 0.1) is 0 Å². The predicted molar refractivity (Wildman–Crippen MR) is 55.5 cm³/mol. The fraction of sp³-hybridized carbons (Fsp3) is 0.750. The first-order valence-corrected chi connectivity index (χ1v) is 5.14. The van der Waals surface area contributed by atoms with Gasteiger partial charge >= 0.3 is 0 Å². The van der Waals surface area contributed by atoms with E-state index in [0.717, 1.165) is 13.0 Å². The van der Waals surface area contributed by atoms with Crippen LogP contribution < -0.4 is 5.32 Å². The highest BCUT2D eigenvalue weighted by Gasteiger charge is 2.02. The Balaban J connectivity index is 3.29. The summed E-state index contributed by atoms with van der Waals surface area (Å²) in [5.41, 5.74) is 1.54. The van der Waals surface area contributed by atoms with Gasteiger partial charge in [0.25, 0.3) is 0 Å². The first kappa shape index (κ1) is 11.5. The van der Waals surface area contributed by atoms with E-state index in [1.54, 1.807) is 0 Å². The zero-order chi connectivity index (χ0) is 8.69. The summed E-state index contributed by atoms with van der Waals surface area (Å²) in [5, 5.41) is 3.31. The van der Waals surface area contributed by atoms with Gasteiger partial charge in [0.2, 0.25) is 0 Å². The van der Waals surface area contributed by atoms with E-state index in [4.69, 9.17) is 11.6 Å². The Labute approximate surface area is 82.3 Å². The van der Waals surface area contributed by atoms with Crippen LogP contribution in [0, 0.1) is 0 Å². The fourth-order valence-corrected chi connectivity index (χ4v) is 1.53. The van der Waals surface area contributed by atoms with Crippen LogP contribution in [0.15, 0.2) is 11.6 Å². The lowest BCUT2D eigenvalue weighted by Gasteiger charge is -2.13. The van der Waals surface area contributed by atoms with Crippen molar-refractivity contribution in [2.24, 2.45) is 0 Å². The second-order valence-corrected chi connectivity index (χ2v) is 4.50. The lowest BCUT2D eigenvalue weighted by Crippen LogP contribution is -2.27. The Hall–Kier alpha value is 0.470. The molecule has 66 valence electrons. The molecule has 0 fully saturated rings. The van der Waals surface area contributed by atoms with E-state index in [0.29, 0.717) is 10.9 Å². The zero-order valence-electron chi connectivity index (χ0n) is 6.98. The number of hydrogen-bond acceptors (Lipinski definition) is 1. The lowest BCUT2D eigenvalue weighted by molar-refractivity contribution is 0.545. The molecule has 1 nitrogen and oxygen atoms in total. The van der Waals surface area contributed by atoms with Crippen molar-refractivity contribution in [2.45, 2.75) is 31.1 Å². The van der Waals surface area contributed by atoms with E-state index >= 15 is 0 Å².